The monoisotopic (exact) mass is 285 g/mol. The number of nitrogens with one attached hydrogen (secondary N) is 1. The van der Waals surface area contributed by atoms with Crippen LogP contribution in [0.5, 0.6) is 11.5 Å². The van der Waals surface area contributed by atoms with Crippen LogP contribution < -0.4 is 14.8 Å². The van der Waals surface area contributed by atoms with E-state index in [2.05, 4.69) is 12.2 Å². The molecule has 0 aliphatic heterocycles. The van der Waals surface area contributed by atoms with Gasteiger partial charge in [-0.1, -0.05) is 24.9 Å². The first-order valence-corrected chi connectivity index (χ1v) is 7.39. The van der Waals surface area contributed by atoms with Gasteiger partial charge in [0.05, 0.1) is 18.2 Å². The molecule has 108 valence electrons. The molecule has 0 unspecified atom stereocenters. The summed E-state index contributed by atoms with van der Waals surface area (Å²) in [4.78, 5) is 0. The van der Waals surface area contributed by atoms with Gasteiger partial charge in [0.1, 0.15) is 0 Å². The summed E-state index contributed by atoms with van der Waals surface area (Å²) in [6.07, 6.45) is 2.38. The number of hydrogen-bond donors (Lipinski definition) is 1. The van der Waals surface area contributed by atoms with Crippen molar-refractivity contribution >= 4 is 11.6 Å². The third kappa shape index (κ3) is 5.29. The minimum absolute atomic E-state index is 0.577. The lowest BCUT2D eigenvalue weighted by molar-refractivity contribution is 0.287. The lowest BCUT2D eigenvalue weighted by Crippen LogP contribution is -2.14. The molecule has 1 rings (SSSR count). The molecule has 0 atom stereocenters. The molecule has 0 saturated heterocycles. The fraction of sp³-hybridized carbons (Fsp3) is 0.600. The maximum atomic E-state index is 6.26. The molecule has 3 nitrogen and oxygen atoms in total. The van der Waals surface area contributed by atoms with E-state index in [0.29, 0.717) is 24.0 Å². The molecule has 0 radical (unpaired) electrons. The largest absolute Gasteiger partial charge is 0.490 e. The molecule has 0 spiro atoms. The molecule has 0 fully saturated rings. The number of hydrogen-bond acceptors (Lipinski definition) is 3. The minimum Gasteiger partial charge on any atom is -0.490 e. The van der Waals surface area contributed by atoms with Gasteiger partial charge in [0.2, 0.25) is 0 Å². The van der Waals surface area contributed by atoms with Crippen LogP contribution in [0.15, 0.2) is 12.1 Å². The van der Waals surface area contributed by atoms with E-state index in [1.165, 1.54) is 12.8 Å². The van der Waals surface area contributed by atoms with Crippen LogP contribution in [0.4, 0.5) is 0 Å². The molecule has 1 aromatic rings. The molecule has 4 heteroatoms. The van der Waals surface area contributed by atoms with E-state index in [0.717, 1.165) is 24.4 Å². The fourth-order valence-electron chi connectivity index (χ4n) is 1.81. The highest BCUT2D eigenvalue weighted by atomic mass is 35.5. The quantitative estimate of drug-likeness (QED) is 0.695. The van der Waals surface area contributed by atoms with Crippen molar-refractivity contribution in [1.29, 1.82) is 0 Å². The average Bonchev–Trinajstić information content (AvgIpc) is 2.39. The Morgan fingerprint density at radius 1 is 1.11 bits per heavy atom. The van der Waals surface area contributed by atoms with Gasteiger partial charge in [-0.3, -0.25) is 0 Å². The Hall–Kier alpha value is -0.930. The molecule has 1 aromatic carbocycles. The summed E-state index contributed by atoms with van der Waals surface area (Å²) in [5.74, 6) is 1.37. The van der Waals surface area contributed by atoms with E-state index in [-0.39, 0.29) is 0 Å². The van der Waals surface area contributed by atoms with Crippen molar-refractivity contribution in [2.75, 3.05) is 19.8 Å². The maximum Gasteiger partial charge on any atom is 0.179 e. The molecule has 1 N–H and O–H groups in total. The van der Waals surface area contributed by atoms with E-state index < -0.39 is 0 Å². The van der Waals surface area contributed by atoms with Gasteiger partial charge in [-0.2, -0.15) is 0 Å². The molecule has 0 aliphatic carbocycles. The van der Waals surface area contributed by atoms with Crippen LogP contribution >= 0.6 is 11.6 Å². The Morgan fingerprint density at radius 3 is 2.47 bits per heavy atom. The molecular weight excluding hydrogens is 262 g/mol. The van der Waals surface area contributed by atoms with Crippen LogP contribution in [-0.2, 0) is 6.54 Å². The molecule has 0 amide bonds. The van der Waals surface area contributed by atoms with Crippen LogP contribution in [0.1, 0.15) is 39.2 Å². The van der Waals surface area contributed by atoms with Crippen molar-refractivity contribution in [1.82, 2.24) is 5.32 Å². The van der Waals surface area contributed by atoms with Crippen LogP contribution in [0.2, 0.25) is 5.02 Å². The SMILES string of the molecule is CCCCNCc1cc(Cl)c(OCC)c(OCC)c1. The lowest BCUT2D eigenvalue weighted by atomic mass is 10.2. The average molecular weight is 286 g/mol. The van der Waals surface area contributed by atoms with Gasteiger partial charge < -0.3 is 14.8 Å². The maximum absolute atomic E-state index is 6.26. The highest BCUT2D eigenvalue weighted by Crippen LogP contribution is 2.36. The molecule has 0 saturated carbocycles. The van der Waals surface area contributed by atoms with Crippen molar-refractivity contribution in [3.8, 4) is 11.5 Å². The normalized spacial score (nSPS) is 10.5. The molecule has 0 aromatic heterocycles. The van der Waals surface area contributed by atoms with Crippen LogP contribution in [0.25, 0.3) is 0 Å². The van der Waals surface area contributed by atoms with Crippen LogP contribution in [-0.4, -0.2) is 19.8 Å². The number of unbranched alkanes of at least 4 members (excludes halogenated alkanes) is 1. The smallest absolute Gasteiger partial charge is 0.179 e. The zero-order chi connectivity index (χ0) is 14.1. The van der Waals surface area contributed by atoms with Gasteiger partial charge in [0, 0.05) is 6.54 Å². The van der Waals surface area contributed by atoms with Gasteiger partial charge in [-0.25, -0.2) is 0 Å². The van der Waals surface area contributed by atoms with Gasteiger partial charge in [-0.05, 0) is 44.5 Å². The number of benzene rings is 1. The standard InChI is InChI=1S/C15H24ClNO2/c1-4-7-8-17-11-12-9-13(16)15(19-6-3)14(10-12)18-5-2/h9-10,17H,4-8,11H2,1-3H3. The van der Waals surface area contributed by atoms with Crippen molar-refractivity contribution in [2.24, 2.45) is 0 Å². The van der Waals surface area contributed by atoms with E-state index in [4.69, 9.17) is 21.1 Å². The summed E-state index contributed by atoms with van der Waals surface area (Å²) >= 11 is 6.26. The van der Waals surface area contributed by atoms with Crippen LogP contribution in [0, 0.1) is 0 Å². The fourth-order valence-corrected chi connectivity index (χ4v) is 2.09. The molecule has 0 heterocycles. The third-order valence-corrected chi connectivity index (χ3v) is 2.97. The van der Waals surface area contributed by atoms with Gasteiger partial charge in [0.15, 0.2) is 11.5 Å². The summed E-state index contributed by atoms with van der Waals surface area (Å²) in [7, 11) is 0. The minimum atomic E-state index is 0.577. The summed E-state index contributed by atoms with van der Waals surface area (Å²) in [6.45, 7) is 9.07. The van der Waals surface area contributed by atoms with Crippen molar-refractivity contribution in [3.05, 3.63) is 22.7 Å². The van der Waals surface area contributed by atoms with Crippen LogP contribution in [0.3, 0.4) is 0 Å². The number of ether oxygens (including phenoxy) is 2. The van der Waals surface area contributed by atoms with Crippen molar-refractivity contribution in [2.45, 2.75) is 40.2 Å². The second kappa shape index (κ2) is 9.05. The van der Waals surface area contributed by atoms with Crippen molar-refractivity contribution < 1.29 is 9.47 Å². The molecule has 19 heavy (non-hydrogen) atoms. The van der Waals surface area contributed by atoms with E-state index in [1.54, 1.807) is 0 Å². The Balaban J connectivity index is 2.77. The van der Waals surface area contributed by atoms with Crippen molar-refractivity contribution in [3.63, 3.8) is 0 Å². The highest BCUT2D eigenvalue weighted by Gasteiger charge is 2.11. The molecule has 0 bridgehead atoms. The Morgan fingerprint density at radius 2 is 1.84 bits per heavy atom. The Labute approximate surface area is 121 Å². The number of halogens is 1. The van der Waals surface area contributed by atoms with E-state index in [1.807, 2.05) is 26.0 Å². The second-order valence-corrected chi connectivity index (χ2v) is 4.71. The summed E-state index contributed by atoms with van der Waals surface area (Å²) in [5, 5.41) is 4.01. The zero-order valence-corrected chi connectivity index (χ0v) is 12.8. The summed E-state index contributed by atoms with van der Waals surface area (Å²) in [5.41, 5.74) is 1.12. The first kappa shape index (κ1) is 16.1. The van der Waals surface area contributed by atoms with E-state index >= 15 is 0 Å². The predicted octanol–water partition coefficient (Wildman–Crippen LogP) is 4.03. The Kier molecular flexibility index (Phi) is 7.68. The van der Waals surface area contributed by atoms with E-state index in [9.17, 15) is 0 Å². The zero-order valence-electron chi connectivity index (χ0n) is 12.1. The van der Waals surface area contributed by atoms with Gasteiger partial charge >= 0.3 is 0 Å². The first-order valence-electron chi connectivity index (χ1n) is 7.01. The number of rotatable bonds is 9. The second-order valence-electron chi connectivity index (χ2n) is 4.30. The third-order valence-electron chi connectivity index (χ3n) is 2.69. The van der Waals surface area contributed by atoms with Gasteiger partial charge in [-0.15, -0.1) is 0 Å². The topological polar surface area (TPSA) is 30.5 Å². The molecular formula is C15H24ClNO2. The Bertz CT molecular complexity index is 383. The summed E-state index contributed by atoms with van der Waals surface area (Å²) in [6, 6.07) is 3.94. The highest BCUT2D eigenvalue weighted by molar-refractivity contribution is 6.32. The molecule has 0 aliphatic rings. The van der Waals surface area contributed by atoms with Gasteiger partial charge in [0.25, 0.3) is 0 Å². The predicted molar refractivity (Wildman–Crippen MR) is 80.4 cm³/mol. The lowest BCUT2D eigenvalue weighted by Gasteiger charge is -2.14. The first-order chi connectivity index (χ1) is 9.22. The summed E-state index contributed by atoms with van der Waals surface area (Å²) < 4.78 is 11.1.